The van der Waals surface area contributed by atoms with Crippen LogP contribution in [0.1, 0.15) is 12.5 Å². The summed E-state index contributed by atoms with van der Waals surface area (Å²) in [6.07, 6.45) is 0. The highest BCUT2D eigenvalue weighted by molar-refractivity contribution is 5.77. The van der Waals surface area contributed by atoms with Gasteiger partial charge in [-0.1, -0.05) is 0 Å². The Kier molecular flexibility index (Phi) is 5.37. The first-order valence-corrected chi connectivity index (χ1v) is 5.82. The molecule has 1 rings (SSSR count). The molecule has 0 atom stereocenters. The van der Waals surface area contributed by atoms with E-state index in [4.69, 9.17) is 0 Å². The van der Waals surface area contributed by atoms with Crippen molar-refractivity contribution >= 4 is 11.6 Å². The summed E-state index contributed by atoms with van der Waals surface area (Å²) in [5.41, 5.74) is 0.132. The molecule has 0 saturated carbocycles. The van der Waals surface area contributed by atoms with E-state index in [1.54, 1.807) is 11.9 Å². The third-order valence-electron chi connectivity index (χ3n) is 2.66. The van der Waals surface area contributed by atoms with Crippen LogP contribution in [0.4, 0.5) is 10.1 Å². The van der Waals surface area contributed by atoms with E-state index in [1.165, 1.54) is 12.1 Å². The van der Waals surface area contributed by atoms with E-state index in [-0.39, 0.29) is 24.7 Å². The largest absolute Gasteiger partial charge is 0.345 e. The van der Waals surface area contributed by atoms with E-state index in [2.05, 4.69) is 5.32 Å². The summed E-state index contributed by atoms with van der Waals surface area (Å²) in [5.74, 6) is -0.753. The van der Waals surface area contributed by atoms with Crippen molar-refractivity contribution < 1.29 is 14.1 Å². The van der Waals surface area contributed by atoms with Crippen LogP contribution in [0.25, 0.3) is 0 Å². The molecule has 0 spiro atoms. The highest BCUT2D eigenvalue weighted by Crippen LogP contribution is 2.16. The Hall–Kier alpha value is -2.02. The maximum Gasteiger partial charge on any atom is 0.272 e. The molecule has 0 radical (unpaired) electrons. The Balaban J connectivity index is 2.58. The molecule has 7 heteroatoms. The molecule has 6 nitrogen and oxygen atoms in total. The van der Waals surface area contributed by atoms with Crippen LogP contribution in [0.5, 0.6) is 0 Å². The number of nitrogens with one attached hydrogen (secondary N) is 1. The summed E-state index contributed by atoms with van der Waals surface area (Å²) in [5, 5.41) is 13.4. The molecular weight excluding hydrogens is 253 g/mol. The van der Waals surface area contributed by atoms with Crippen molar-refractivity contribution in [3.05, 3.63) is 39.7 Å². The predicted molar refractivity (Wildman–Crippen MR) is 68.1 cm³/mol. The average Bonchev–Trinajstić information content (AvgIpc) is 2.36. The molecule has 1 N–H and O–H groups in total. The fraction of sp³-hybridized carbons (Fsp3) is 0.417. The van der Waals surface area contributed by atoms with Crippen LogP contribution in [0.2, 0.25) is 0 Å². The van der Waals surface area contributed by atoms with E-state index in [0.29, 0.717) is 12.1 Å². The lowest BCUT2D eigenvalue weighted by atomic mass is 10.2. The zero-order valence-electron chi connectivity index (χ0n) is 10.9. The van der Waals surface area contributed by atoms with Gasteiger partial charge < -0.3 is 10.2 Å². The lowest BCUT2D eigenvalue weighted by Crippen LogP contribution is -2.35. The summed E-state index contributed by atoms with van der Waals surface area (Å²) in [7, 11) is 1.68. The number of hydrogen-bond acceptors (Lipinski definition) is 4. The molecule has 19 heavy (non-hydrogen) atoms. The predicted octanol–water partition coefficient (Wildman–Crippen LogP) is 1.30. The van der Waals surface area contributed by atoms with E-state index in [9.17, 15) is 19.3 Å². The topological polar surface area (TPSA) is 75.5 Å². The third-order valence-corrected chi connectivity index (χ3v) is 2.66. The monoisotopic (exact) mass is 269 g/mol. The van der Waals surface area contributed by atoms with Crippen molar-refractivity contribution in [1.29, 1.82) is 0 Å². The molecule has 0 aromatic heterocycles. The van der Waals surface area contributed by atoms with Crippen molar-refractivity contribution in [3.63, 3.8) is 0 Å². The van der Waals surface area contributed by atoms with Crippen LogP contribution in [-0.4, -0.2) is 35.9 Å². The van der Waals surface area contributed by atoms with E-state index in [1.807, 2.05) is 6.92 Å². The first-order chi connectivity index (χ1) is 8.93. The van der Waals surface area contributed by atoms with E-state index < -0.39 is 10.7 Å². The number of benzene rings is 1. The SMILES string of the molecule is CCN(C)C(=O)CNCc1cc(F)cc([N+](=O)[O-])c1. The number of nitrogens with zero attached hydrogens (tertiary/aromatic N) is 2. The minimum absolute atomic E-state index is 0.0894. The number of nitro benzene ring substituents is 1. The fourth-order valence-electron chi connectivity index (χ4n) is 1.47. The first kappa shape index (κ1) is 15.0. The van der Waals surface area contributed by atoms with Gasteiger partial charge in [-0.2, -0.15) is 0 Å². The molecule has 0 aliphatic rings. The summed E-state index contributed by atoms with van der Waals surface area (Å²) < 4.78 is 13.1. The van der Waals surface area contributed by atoms with E-state index >= 15 is 0 Å². The molecule has 0 heterocycles. The molecule has 1 amide bonds. The van der Waals surface area contributed by atoms with Gasteiger partial charge in [0.1, 0.15) is 5.82 Å². The minimum Gasteiger partial charge on any atom is -0.345 e. The van der Waals surface area contributed by atoms with Crippen LogP contribution in [0.3, 0.4) is 0 Å². The van der Waals surface area contributed by atoms with Crippen molar-refractivity contribution in [1.82, 2.24) is 10.2 Å². The van der Waals surface area contributed by atoms with Gasteiger partial charge in [-0.15, -0.1) is 0 Å². The molecule has 0 saturated heterocycles. The van der Waals surface area contributed by atoms with Crippen molar-refractivity contribution in [2.24, 2.45) is 0 Å². The Morgan fingerprint density at radius 2 is 2.16 bits per heavy atom. The molecule has 0 aliphatic heterocycles. The lowest BCUT2D eigenvalue weighted by Gasteiger charge is -2.14. The van der Waals surface area contributed by atoms with Gasteiger partial charge in [0.15, 0.2) is 0 Å². The Morgan fingerprint density at radius 3 is 2.74 bits per heavy atom. The average molecular weight is 269 g/mol. The number of carbonyl (C=O) groups is 1. The number of carbonyl (C=O) groups excluding carboxylic acids is 1. The highest BCUT2D eigenvalue weighted by atomic mass is 19.1. The van der Waals surface area contributed by atoms with Gasteiger partial charge in [-0.05, 0) is 18.6 Å². The Labute approximate surface area is 110 Å². The normalized spacial score (nSPS) is 10.3. The quantitative estimate of drug-likeness (QED) is 0.624. The molecule has 0 aliphatic carbocycles. The fourth-order valence-corrected chi connectivity index (χ4v) is 1.47. The minimum atomic E-state index is -0.664. The summed E-state index contributed by atoms with van der Waals surface area (Å²) in [6.45, 7) is 2.76. The van der Waals surface area contributed by atoms with Gasteiger partial charge in [0.25, 0.3) is 5.69 Å². The Bertz CT molecular complexity index is 479. The molecule has 104 valence electrons. The van der Waals surface area contributed by atoms with Crippen molar-refractivity contribution in [3.8, 4) is 0 Å². The maximum absolute atomic E-state index is 13.1. The molecule has 1 aromatic carbocycles. The second-order valence-electron chi connectivity index (χ2n) is 4.09. The van der Waals surface area contributed by atoms with Gasteiger partial charge in [0.05, 0.1) is 17.5 Å². The highest BCUT2D eigenvalue weighted by Gasteiger charge is 2.10. The molecule has 0 bridgehead atoms. The molecule has 0 fully saturated rings. The zero-order valence-corrected chi connectivity index (χ0v) is 10.9. The van der Waals surface area contributed by atoms with E-state index in [0.717, 1.165) is 6.07 Å². The van der Waals surface area contributed by atoms with Gasteiger partial charge >= 0.3 is 0 Å². The number of halogens is 1. The Morgan fingerprint density at radius 1 is 1.47 bits per heavy atom. The van der Waals surface area contributed by atoms with Crippen molar-refractivity contribution in [2.45, 2.75) is 13.5 Å². The molecular formula is C12H16FN3O3. The summed E-state index contributed by atoms with van der Waals surface area (Å²) in [4.78, 5) is 23.0. The number of hydrogen-bond donors (Lipinski definition) is 1. The third kappa shape index (κ3) is 4.63. The molecule has 0 unspecified atom stereocenters. The van der Waals surface area contributed by atoms with Crippen LogP contribution >= 0.6 is 0 Å². The second-order valence-corrected chi connectivity index (χ2v) is 4.09. The molecule has 1 aromatic rings. The van der Waals surface area contributed by atoms with Gasteiger partial charge in [-0.3, -0.25) is 14.9 Å². The number of likely N-dealkylation sites (N-methyl/N-ethyl adjacent to an activating group) is 1. The number of non-ortho nitro benzene ring substituents is 1. The lowest BCUT2D eigenvalue weighted by molar-refractivity contribution is -0.385. The number of nitro groups is 1. The van der Waals surface area contributed by atoms with Gasteiger partial charge in [-0.25, -0.2) is 4.39 Å². The van der Waals surface area contributed by atoms with Gasteiger partial charge in [0, 0.05) is 26.2 Å². The number of rotatable bonds is 6. The summed E-state index contributed by atoms with van der Waals surface area (Å²) >= 11 is 0. The van der Waals surface area contributed by atoms with Crippen molar-refractivity contribution in [2.75, 3.05) is 20.1 Å². The standard InChI is InChI=1S/C12H16FN3O3/c1-3-15(2)12(17)8-14-7-9-4-10(13)6-11(5-9)16(18)19/h4-6,14H,3,7-8H2,1-2H3. The summed E-state index contributed by atoms with van der Waals surface area (Å²) in [6, 6.07) is 3.34. The van der Waals surface area contributed by atoms with Crippen LogP contribution in [0.15, 0.2) is 18.2 Å². The van der Waals surface area contributed by atoms with Crippen LogP contribution in [-0.2, 0) is 11.3 Å². The zero-order chi connectivity index (χ0) is 14.4. The second kappa shape index (κ2) is 6.79. The first-order valence-electron chi connectivity index (χ1n) is 5.82. The number of amides is 1. The van der Waals surface area contributed by atoms with Crippen LogP contribution in [0, 0.1) is 15.9 Å². The van der Waals surface area contributed by atoms with Gasteiger partial charge in [0.2, 0.25) is 5.91 Å². The van der Waals surface area contributed by atoms with Crippen LogP contribution < -0.4 is 5.32 Å². The smallest absolute Gasteiger partial charge is 0.272 e. The maximum atomic E-state index is 13.1.